The van der Waals surface area contributed by atoms with Crippen molar-refractivity contribution in [3.8, 4) is 0 Å². The van der Waals surface area contributed by atoms with E-state index in [0.717, 1.165) is 36.1 Å². The fourth-order valence-corrected chi connectivity index (χ4v) is 5.16. The fourth-order valence-electron chi connectivity index (χ4n) is 5.16. The molecule has 10 heteroatoms. The van der Waals surface area contributed by atoms with Gasteiger partial charge in [0.2, 0.25) is 0 Å². The third-order valence-corrected chi connectivity index (χ3v) is 7.49. The maximum atomic E-state index is 13.6. The summed E-state index contributed by atoms with van der Waals surface area (Å²) in [5.41, 5.74) is 0.756. The zero-order valence-electron chi connectivity index (χ0n) is 22.9. The highest BCUT2D eigenvalue weighted by Gasteiger charge is 2.39. The number of amides is 1. The van der Waals surface area contributed by atoms with Gasteiger partial charge in [0.1, 0.15) is 0 Å². The molecule has 1 aliphatic heterocycles. The smallest absolute Gasteiger partial charge is 0.333 e. The first-order chi connectivity index (χ1) is 18.8. The molecule has 3 aromatic carbocycles. The summed E-state index contributed by atoms with van der Waals surface area (Å²) < 4.78 is 80.8. The van der Waals surface area contributed by atoms with Crippen molar-refractivity contribution in [2.75, 3.05) is 26.2 Å². The monoisotopic (exact) mass is 598 g/mol. The first-order valence-electron chi connectivity index (χ1n) is 13.2. The van der Waals surface area contributed by atoms with Gasteiger partial charge in [0.25, 0.3) is 5.91 Å². The van der Waals surface area contributed by atoms with E-state index in [1.165, 1.54) is 10.5 Å². The summed E-state index contributed by atoms with van der Waals surface area (Å²) in [5, 5.41) is 0. The molecular formula is C31H33ClF6N2O. The highest BCUT2D eigenvalue weighted by Crippen LogP contribution is 2.37. The molecule has 3 aromatic rings. The minimum Gasteiger partial charge on any atom is -0.333 e. The molecule has 3 nitrogen and oxygen atoms in total. The zero-order valence-corrected chi connectivity index (χ0v) is 23.7. The predicted molar refractivity (Wildman–Crippen MR) is 149 cm³/mol. The summed E-state index contributed by atoms with van der Waals surface area (Å²) in [6, 6.07) is 16.7. The van der Waals surface area contributed by atoms with E-state index in [4.69, 9.17) is 0 Å². The molecule has 1 heterocycles. The van der Waals surface area contributed by atoms with Crippen molar-refractivity contribution in [2.24, 2.45) is 0 Å². The van der Waals surface area contributed by atoms with Gasteiger partial charge in [0.05, 0.1) is 11.1 Å². The van der Waals surface area contributed by atoms with Crippen LogP contribution in [0.4, 0.5) is 26.3 Å². The molecule has 1 saturated heterocycles. The minimum absolute atomic E-state index is 0. The SMILES string of the molecule is Cc1ccc(CC2CN(CCCc3ccccc3)CCN2C(=O)c2cc(C(F)(F)F)cc(C(F)(F)F)c2)cc1C.Cl. The number of benzene rings is 3. The van der Waals surface area contributed by atoms with Crippen LogP contribution in [0.15, 0.2) is 66.7 Å². The van der Waals surface area contributed by atoms with Crippen LogP contribution in [0.2, 0.25) is 0 Å². The molecule has 0 aliphatic carbocycles. The van der Waals surface area contributed by atoms with E-state index < -0.39 is 41.0 Å². The van der Waals surface area contributed by atoms with Crippen molar-refractivity contribution in [2.45, 2.75) is 51.5 Å². The van der Waals surface area contributed by atoms with E-state index in [1.807, 2.05) is 50.2 Å². The highest BCUT2D eigenvalue weighted by molar-refractivity contribution is 5.95. The van der Waals surface area contributed by atoms with Crippen molar-refractivity contribution >= 4 is 18.3 Å². The van der Waals surface area contributed by atoms with E-state index in [0.29, 0.717) is 31.6 Å². The van der Waals surface area contributed by atoms with Crippen LogP contribution in [0.25, 0.3) is 0 Å². The van der Waals surface area contributed by atoms with Gasteiger partial charge in [0.15, 0.2) is 0 Å². The van der Waals surface area contributed by atoms with Crippen molar-refractivity contribution in [1.29, 1.82) is 0 Å². The van der Waals surface area contributed by atoms with Crippen LogP contribution in [-0.2, 0) is 25.2 Å². The van der Waals surface area contributed by atoms with Gasteiger partial charge >= 0.3 is 12.4 Å². The van der Waals surface area contributed by atoms with E-state index in [-0.39, 0.29) is 25.0 Å². The number of nitrogens with zero attached hydrogens (tertiary/aromatic N) is 2. The summed E-state index contributed by atoms with van der Waals surface area (Å²) in [6.45, 7) is 5.88. The molecule has 0 radical (unpaired) electrons. The summed E-state index contributed by atoms with van der Waals surface area (Å²) in [5.74, 6) is -0.825. The Bertz CT molecular complexity index is 1290. The lowest BCUT2D eigenvalue weighted by Crippen LogP contribution is -2.56. The maximum absolute atomic E-state index is 13.6. The van der Waals surface area contributed by atoms with E-state index in [1.54, 1.807) is 0 Å². The third kappa shape index (κ3) is 8.49. The number of piperazine rings is 1. The molecule has 1 aliphatic rings. The lowest BCUT2D eigenvalue weighted by molar-refractivity contribution is -0.143. The number of carbonyl (C=O) groups is 1. The van der Waals surface area contributed by atoms with Gasteiger partial charge in [-0.05, 0) is 80.1 Å². The molecule has 1 amide bonds. The van der Waals surface area contributed by atoms with E-state index in [2.05, 4.69) is 17.0 Å². The number of hydrogen-bond donors (Lipinski definition) is 0. The normalized spacial score (nSPS) is 16.4. The lowest BCUT2D eigenvalue weighted by atomic mass is 9.97. The van der Waals surface area contributed by atoms with Crippen molar-refractivity contribution in [3.05, 3.63) is 106 Å². The molecule has 41 heavy (non-hydrogen) atoms. The minimum atomic E-state index is -5.02. The summed E-state index contributed by atoms with van der Waals surface area (Å²) in [6.07, 6.45) is -7.84. The quantitative estimate of drug-likeness (QED) is 0.260. The van der Waals surface area contributed by atoms with Crippen molar-refractivity contribution < 1.29 is 31.1 Å². The van der Waals surface area contributed by atoms with Crippen LogP contribution in [0, 0.1) is 13.8 Å². The number of halogens is 7. The number of rotatable bonds is 7. The second-order valence-electron chi connectivity index (χ2n) is 10.5. The Kier molecular flexibility index (Phi) is 10.5. The molecule has 0 spiro atoms. The largest absolute Gasteiger partial charge is 0.416 e. The maximum Gasteiger partial charge on any atom is 0.416 e. The fraction of sp³-hybridized carbons (Fsp3) is 0.387. The molecule has 1 unspecified atom stereocenters. The summed E-state index contributed by atoms with van der Waals surface area (Å²) in [7, 11) is 0. The molecule has 0 saturated carbocycles. The van der Waals surface area contributed by atoms with Gasteiger partial charge in [-0.15, -0.1) is 12.4 Å². The second-order valence-corrected chi connectivity index (χ2v) is 10.5. The van der Waals surface area contributed by atoms with Crippen molar-refractivity contribution in [3.63, 3.8) is 0 Å². The van der Waals surface area contributed by atoms with E-state index in [9.17, 15) is 31.1 Å². The van der Waals surface area contributed by atoms with Crippen LogP contribution in [0.5, 0.6) is 0 Å². The van der Waals surface area contributed by atoms with Crippen molar-refractivity contribution in [1.82, 2.24) is 9.80 Å². The first kappa shape index (κ1) is 32.5. The molecule has 0 aromatic heterocycles. The Labute approximate surface area is 242 Å². The molecule has 222 valence electrons. The van der Waals surface area contributed by atoms with Crippen LogP contribution in [0.3, 0.4) is 0 Å². The molecular weight excluding hydrogens is 566 g/mol. The van der Waals surface area contributed by atoms with Gasteiger partial charge in [-0.25, -0.2) is 0 Å². The Balaban J connectivity index is 0.00000462. The number of carbonyl (C=O) groups excluding carboxylic acids is 1. The standard InChI is InChI=1S/C31H32F6N2O.ClH/c1-21-10-11-24(15-22(21)2)16-28-20-38(12-6-9-23-7-4-3-5-8-23)13-14-39(28)29(40)25-17-26(30(32,33)34)19-27(18-25)31(35,36)37;/h3-5,7-8,10-11,15,17-19,28H,6,9,12-14,16,20H2,1-2H3;1H. The summed E-state index contributed by atoms with van der Waals surface area (Å²) in [4.78, 5) is 17.2. The van der Waals surface area contributed by atoms with Gasteiger partial charge in [0, 0.05) is 31.2 Å². The molecule has 0 bridgehead atoms. The Morgan fingerprint density at radius 3 is 2.02 bits per heavy atom. The number of alkyl halides is 6. The number of hydrogen-bond acceptors (Lipinski definition) is 2. The Morgan fingerprint density at radius 1 is 0.805 bits per heavy atom. The highest BCUT2D eigenvalue weighted by atomic mass is 35.5. The third-order valence-electron chi connectivity index (χ3n) is 7.49. The molecule has 1 fully saturated rings. The molecule has 4 rings (SSSR count). The van der Waals surface area contributed by atoms with Crippen LogP contribution in [-0.4, -0.2) is 47.9 Å². The van der Waals surface area contributed by atoms with Gasteiger partial charge < -0.3 is 4.90 Å². The lowest BCUT2D eigenvalue weighted by Gasteiger charge is -2.42. The van der Waals surface area contributed by atoms with E-state index >= 15 is 0 Å². The van der Waals surface area contributed by atoms with Crippen LogP contribution >= 0.6 is 12.4 Å². The Morgan fingerprint density at radius 2 is 1.44 bits per heavy atom. The first-order valence-corrected chi connectivity index (χ1v) is 13.2. The molecule has 1 atom stereocenters. The van der Waals surface area contributed by atoms with Gasteiger partial charge in [-0.3, -0.25) is 9.69 Å². The average Bonchev–Trinajstić information content (AvgIpc) is 2.90. The number of aryl methyl sites for hydroxylation is 3. The van der Waals surface area contributed by atoms with Gasteiger partial charge in [-0.2, -0.15) is 26.3 Å². The summed E-state index contributed by atoms with van der Waals surface area (Å²) >= 11 is 0. The van der Waals surface area contributed by atoms with Crippen LogP contribution in [0.1, 0.15) is 50.2 Å². The average molecular weight is 599 g/mol. The topological polar surface area (TPSA) is 23.6 Å². The van der Waals surface area contributed by atoms with Gasteiger partial charge in [-0.1, -0.05) is 48.5 Å². The Hall–Kier alpha value is -3.04. The predicted octanol–water partition coefficient (Wildman–Crippen LogP) is 7.76. The zero-order chi connectivity index (χ0) is 29.1. The van der Waals surface area contributed by atoms with Crippen LogP contribution < -0.4 is 0 Å². The second kappa shape index (κ2) is 13.3. The molecule has 0 N–H and O–H groups in total.